The van der Waals surface area contributed by atoms with Crippen molar-refractivity contribution in [2.75, 3.05) is 26.2 Å². The van der Waals surface area contributed by atoms with Gasteiger partial charge in [0, 0.05) is 36.6 Å². The second kappa shape index (κ2) is 7.92. The van der Waals surface area contributed by atoms with Crippen LogP contribution in [0, 0.1) is 19.8 Å². The summed E-state index contributed by atoms with van der Waals surface area (Å²) in [5.74, 6) is 0.866. The van der Waals surface area contributed by atoms with E-state index in [9.17, 15) is 9.59 Å². The Morgan fingerprint density at radius 3 is 2.55 bits per heavy atom. The van der Waals surface area contributed by atoms with Crippen LogP contribution in [-0.4, -0.2) is 41.6 Å². The summed E-state index contributed by atoms with van der Waals surface area (Å²) in [6.07, 6.45) is 2.58. The number of aromatic nitrogens is 1. The van der Waals surface area contributed by atoms with Gasteiger partial charge in [0.25, 0.3) is 0 Å². The first-order chi connectivity index (χ1) is 10.5. The summed E-state index contributed by atoms with van der Waals surface area (Å²) in [6.45, 7) is 10.3. The van der Waals surface area contributed by atoms with Crippen molar-refractivity contribution < 1.29 is 4.79 Å². The minimum atomic E-state index is 0.0483. The van der Waals surface area contributed by atoms with Crippen LogP contribution in [0.15, 0.2) is 4.79 Å². The molecule has 1 saturated heterocycles. The zero-order valence-corrected chi connectivity index (χ0v) is 14.7. The number of aryl methyl sites for hydroxylation is 1. The summed E-state index contributed by atoms with van der Waals surface area (Å²) >= 11 is 1.27. The van der Waals surface area contributed by atoms with E-state index in [2.05, 4.69) is 12.2 Å². The number of amides is 1. The van der Waals surface area contributed by atoms with Crippen molar-refractivity contribution in [2.45, 2.75) is 46.6 Å². The van der Waals surface area contributed by atoms with Crippen molar-refractivity contribution in [3.63, 3.8) is 0 Å². The fourth-order valence-corrected chi connectivity index (χ4v) is 3.80. The smallest absolute Gasteiger partial charge is 0.307 e. The third kappa shape index (κ3) is 4.20. The molecule has 0 aliphatic carbocycles. The molecule has 5 nitrogen and oxygen atoms in total. The van der Waals surface area contributed by atoms with E-state index in [4.69, 9.17) is 0 Å². The number of piperidine rings is 1. The van der Waals surface area contributed by atoms with E-state index in [-0.39, 0.29) is 10.8 Å². The number of carbonyl (C=O) groups is 1. The first-order valence-electron chi connectivity index (χ1n) is 8.18. The fraction of sp³-hybridized carbons (Fsp3) is 0.750. The molecule has 22 heavy (non-hydrogen) atoms. The zero-order valence-electron chi connectivity index (χ0n) is 13.9. The third-order valence-corrected chi connectivity index (χ3v) is 5.57. The number of hydrogen-bond donors (Lipinski definition) is 1. The summed E-state index contributed by atoms with van der Waals surface area (Å²) in [7, 11) is 0. The van der Waals surface area contributed by atoms with Gasteiger partial charge in [0.15, 0.2) is 0 Å². The lowest BCUT2D eigenvalue weighted by Crippen LogP contribution is -2.41. The lowest BCUT2D eigenvalue weighted by Gasteiger charge is -2.32. The Bertz CT molecular complexity index is 556. The number of nitrogens with one attached hydrogen (secondary N) is 1. The highest BCUT2D eigenvalue weighted by Gasteiger charge is 2.22. The molecule has 1 aromatic heterocycles. The minimum absolute atomic E-state index is 0.0483. The van der Waals surface area contributed by atoms with Gasteiger partial charge in [-0.2, -0.15) is 0 Å². The van der Waals surface area contributed by atoms with Crippen molar-refractivity contribution in [1.29, 1.82) is 0 Å². The van der Waals surface area contributed by atoms with Gasteiger partial charge >= 0.3 is 4.87 Å². The molecule has 0 atom stereocenters. The average Bonchev–Trinajstić information content (AvgIpc) is 2.76. The molecule has 1 aliphatic rings. The Morgan fingerprint density at radius 2 is 2.00 bits per heavy atom. The number of hydrogen-bond acceptors (Lipinski definition) is 4. The van der Waals surface area contributed by atoms with Gasteiger partial charge in [-0.25, -0.2) is 0 Å². The van der Waals surface area contributed by atoms with Crippen molar-refractivity contribution in [2.24, 2.45) is 5.92 Å². The molecular weight excluding hydrogens is 298 g/mol. The highest BCUT2D eigenvalue weighted by Crippen LogP contribution is 2.17. The quantitative estimate of drug-likeness (QED) is 0.867. The predicted octanol–water partition coefficient (Wildman–Crippen LogP) is 1.76. The summed E-state index contributed by atoms with van der Waals surface area (Å²) in [4.78, 5) is 27.2. The molecule has 6 heteroatoms. The number of likely N-dealkylation sites (tertiary alicyclic amines) is 1. The molecule has 1 fully saturated rings. The number of carbonyl (C=O) groups excluding carboxylic acids is 1. The van der Waals surface area contributed by atoms with Crippen LogP contribution in [0.25, 0.3) is 0 Å². The van der Waals surface area contributed by atoms with Gasteiger partial charge in [-0.05, 0) is 45.7 Å². The van der Waals surface area contributed by atoms with Crippen LogP contribution >= 0.6 is 11.3 Å². The van der Waals surface area contributed by atoms with Gasteiger partial charge < -0.3 is 14.8 Å². The van der Waals surface area contributed by atoms with E-state index < -0.39 is 0 Å². The van der Waals surface area contributed by atoms with Crippen molar-refractivity contribution in [3.05, 3.63) is 20.2 Å². The lowest BCUT2D eigenvalue weighted by atomic mass is 9.96. The highest BCUT2D eigenvalue weighted by molar-refractivity contribution is 7.09. The van der Waals surface area contributed by atoms with Crippen molar-refractivity contribution in [3.8, 4) is 0 Å². The van der Waals surface area contributed by atoms with Crippen LogP contribution < -0.4 is 10.2 Å². The molecule has 0 unspecified atom stereocenters. The average molecular weight is 325 g/mol. The molecule has 0 radical (unpaired) electrons. The molecule has 2 rings (SSSR count). The topological polar surface area (TPSA) is 54.3 Å². The molecule has 1 amide bonds. The normalized spacial score (nSPS) is 16.2. The lowest BCUT2D eigenvalue weighted by molar-refractivity contribution is -0.132. The monoisotopic (exact) mass is 325 g/mol. The molecule has 1 aromatic rings. The minimum Gasteiger partial charge on any atom is -0.343 e. The van der Waals surface area contributed by atoms with E-state index >= 15 is 0 Å². The predicted molar refractivity (Wildman–Crippen MR) is 90.5 cm³/mol. The second-order valence-corrected chi connectivity index (χ2v) is 7.21. The van der Waals surface area contributed by atoms with E-state index in [1.807, 2.05) is 18.7 Å². The van der Waals surface area contributed by atoms with Gasteiger partial charge in [-0.15, -0.1) is 0 Å². The fourth-order valence-electron chi connectivity index (χ4n) is 2.95. The Kier molecular flexibility index (Phi) is 6.20. The maximum absolute atomic E-state index is 12.3. The van der Waals surface area contributed by atoms with Crippen LogP contribution in [0.4, 0.5) is 0 Å². The van der Waals surface area contributed by atoms with Crippen LogP contribution in [0.2, 0.25) is 0 Å². The molecule has 124 valence electrons. The molecule has 0 saturated carbocycles. The van der Waals surface area contributed by atoms with Crippen molar-refractivity contribution >= 4 is 17.2 Å². The van der Waals surface area contributed by atoms with E-state index in [1.54, 1.807) is 4.57 Å². The second-order valence-electron chi connectivity index (χ2n) is 6.04. The first-order valence-corrected chi connectivity index (χ1v) is 9.00. The third-order valence-electron chi connectivity index (χ3n) is 4.57. The Hall–Kier alpha value is -1.14. The summed E-state index contributed by atoms with van der Waals surface area (Å²) < 4.78 is 1.73. The Morgan fingerprint density at radius 1 is 1.32 bits per heavy atom. The molecule has 2 heterocycles. The maximum Gasteiger partial charge on any atom is 0.307 e. The summed E-state index contributed by atoms with van der Waals surface area (Å²) in [6, 6.07) is 0. The molecule has 1 N–H and O–H groups in total. The number of rotatable bonds is 6. The SMILES string of the molecule is CCNCC1CCN(C(=O)CCn2c(C)c(C)sc2=O)CC1. The molecule has 1 aliphatic heterocycles. The molecule has 0 bridgehead atoms. The van der Waals surface area contributed by atoms with Gasteiger partial charge in [-0.3, -0.25) is 9.59 Å². The zero-order chi connectivity index (χ0) is 16.1. The van der Waals surface area contributed by atoms with Crippen LogP contribution in [-0.2, 0) is 11.3 Å². The number of thiazole rings is 1. The van der Waals surface area contributed by atoms with E-state index in [0.29, 0.717) is 18.9 Å². The van der Waals surface area contributed by atoms with Crippen LogP contribution in [0.5, 0.6) is 0 Å². The molecular formula is C16H27N3O2S. The standard InChI is InChI=1S/C16H27N3O2S/c1-4-17-11-14-5-8-18(9-6-14)15(20)7-10-19-12(2)13(3)22-16(19)21/h14,17H,4-11H2,1-3H3. The van der Waals surface area contributed by atoms with Crippen LogP contribution in [0.1, 0.15) is 36.8 Å². The summed E-state index contributed by atoms with van der Waals surface area (Å²) in [5.41, 5.74) is 0.993. The van der Waals surface area contributed by atoms with E-state index in [1.165, 1.54) is 11.3 Å². The Balaban J connectivity index is 1.80. The summed E-state index contributed by atoms with van der Waals surface area (Å²) in [5, 5.41) is 3.38. The Labute approximate surface area is 136 Å². The van der Waals surface area contributed by atoms with Crippen LogP contribution in [0.3, 0.4) is 0 Å². The maximum atomic E-state index is 12.3. The molecule has 0 aromatic carbocycles. The van der Waals surface area contributed by atoms with Gasteiger partial charge in [0.05, 0.1) is 0 Å². The highest BCUT2D eigenvalue weighted by atomic mass is 32.1. The largest absolute Gasteiger partial charge is 0.343 e. The number of nitrogens with zero attached hydrogens (tertiary/aromatic N) is 2. The van der Waals surface area contributed by atoms with E-state index in [0.717, 1.165) is 49.6 Å². The van der Waals surface area contributed by atoms with Gasteiger partial charge in [0.2, 0.25) is 5.91 Å². The van der Waals surface area contributed by atoms with Gasteiger partial charge in [-0.1, -0.05) is 18.3 Å². The van der Waals surface area contributed by atoms with Gasteiger partial charge in [0.1, 0.15) is 0 Å². The van der Waals surface area contributed by atoms with Crippen molar-refractivity contribution in [1.82, 2.24) is 14.8 Å². The first kappa shape index (κ1) is 17.2. The molecule has 0 spiro atoms.